The van der Waals surface area contributed by atoms with Gasteiger partial charge in [0.15, 0.2) is 5.82 Å². The molecule has 0 saturated carbocycles. The molecule has 172 valence electrons. The van der Waals surface area contributed by atoms with Crippen LogP contribution in [0.5, 0.6) is 0 Å². The lowest BCUT2D eigenvalue weighted by Crippen LogP contribution is -1.99. The molecular formula is C34H21N3. The van der Waals surface area contributed by atoms with E-state index in [-0.39, 0.29) is 0 Å². The topological polar surface area (TPSA) is 30.7 Å². The summed E-state index contributed by atoms with van der Waals surface area (Å²) in [6.45, 7) is 0. The van der Waals surface area contributed by atoms with Crippen LogP contribution in [0.4, 0.5) is 0 Å². The first-order chi connectivity index (χ1) is 18.4. The summed E-state index contributed by atoms with van der Waals surface area (Å²) in [5, 5.41) is 10.1. The van der Waals surface area contributed by atoms with Crippen molar-refractivity contribution in [2.45, 2.75) is 0 Å². The molecular weight excluding hydrogens is 450 g/mol. The molecule has 0 aliphatic carbocycles. The number of aromatic nitrogens is 3. The largest absolute Gasteiger partial charge is 0.292 e. The number of fused-ring (bicyclic) bond motifs is 9. The average Bonchev–Trinajstić information content (AvgIpc) is 3.30. The minimum absolute atomic E-state index is 0.815. The number of rotatable bonds is 2. The fraction of sp³-hybridized carbons (Fsp3) is 0. The van der Waals surface area contributed by atoms with Crippen molar-refractivity contribution in [3.63, 3.8) is 0 Å². The van der Waals surface area contributed by atoms with Crippen LogP contribution < -0.4 is 0 Å². The zero-order chi connectivity index (χ0) is 24.3. The van der Waals surface area contributed by atoms with Gasteiger partial charge in [-0.15, -0.1) is 0 Å². The van der Waals surface area contributed by atoms with Gasteiger partial charge in [-0.2, -0.15) is 0 Å². The van der Waals surface area contributed by atoms with Crippen molar-refractivity contribution >= 4 is 54.1 Å². The normalized spacial score (nSPS) is 11.8. The molecule has 6 aromatic carbocycles. The molecule has 0 radical (unpaired) electrons. The van der Waals surface area contributed by atoms with E-state index in [1.54, 1.807) is 0 Å². The first-order valence-corrected chi connectivity index (χ1v) is 12.5. The lowest BCUT2D eigenvalue weighted by atomic mass is 9.93. The standard InChI is InChI=1S/C34H21N3/c1-2-10-22(11-3-1)31-20-36-34(21-35-31)37-32-17-9-8-16-27(32)30-18-28-25-14-6-4-12-23(25)24-13-5-7-15-26(24)29(28)19-33(30)37/h1-21H. The van der Waals surface area contributed by atoms with Gasteiger partial charge in [-0.25, -0.2) is 4.98 Å². The highest BCUT2D eigenvalue weighted by Crippen LogP contribution is 2.40. The van der Waals surface area contributed by atoms with Gasteiger partial charge in [0.25, 0.3) is 0 Å². The van der Waals surface area contributed by atoms with E-state index in [0.717, 1.165) is 28.1 Å². The Morgan fingerprint density at radius 2 is 0.973 bits per heavy atom. The number of hydrogen-bond acceptors (Lipinski definition) is 2. The van der Waals surface area contributed by atoms with E-state index in [0.29, 0.717) is 0 Å². The van der Waals surface area contributed by atoms with Gasteiger partial charge in [0.1, 0.15) is 0 Å². The van der Waals surface area contributed by atoms with E-state index in [9.17, 15) is 0 Å². The van der Waals surface area contributed by atoms with Crippen molar-refractivity contribution in [1.82, 2.24) is 14.5 Å². The average molecular weight is 472 g/mol. The van der Waals surface area contributed by atoms with E-state index in [1.165, 1.54) is 43.1 Å². The third kappa shape index (κ3) is 2.95. The molecule has 0 bridgehead atoms. The van der Waals surface area contributed by atoms with Crippen LogP contribution in [0, 0.1) is 0 Å². The maximum Gasteiger partial charge on any atom is 0.156 e. The van der Waals surface area contributed by atoms with Gasteiger partial charge in [0.05, 0.1) is 29.1 Å². The summed E-state index contributed by atoms with van der Waals surface area (Å²) in [7, 11) is 0. The monoisotopic (exact) mass is 471 g/mol. The molecule has 2 aromatic heterocycles. The number of nitrogens with zero attached hydrogens (tertiary/aromatic N) is 3. The smallest absolute Gasteiger partial charge is 0.156 e. The number of hydrogen-bond donors (Lipinski definition) is 0. The van der Waals surface area contributed by atoms with Crippen molar-refractivity contribution < 1.29 is 0 Å². The number of benzene rings is 6. The van der Waals surface area contributed by atoms with Crippen LogP contribution in [0.1, 0.15) is 0 Å². The van der Waals surface area contributed by atoms with Crippen LogP contribution in [0.3, 0.4) is 0 Å². The first kappa shape index (κ1) is 20.2. The second-order valence-electron chi connectivity index (χ2n) is 9.48. The second kappa shape index (κ2) is 7.74. The number of para-hydroxylation sites is 1. The Morgan fingerprint density at radius 1 is 0.405 bits per heavy atom. The molecule has 0 aliphatic heterocycles. The molecule has 0 saturated heterocycles. The Morgan fingerprint density at radius 3 is 1.62 bits per heavy atom. The van der Waals surface area contributed by atoms with Gasteiger partial charge in [-0.05, 0) is 50.5 Å². The third-order valence-corrected chi connectivity index (χ3v) is 7.47. The predicted octanol–water partition coefficient (Wildman–Crippen LogP) is 8.70. The summed E-state index contributed by atoms with van der Waals surface area (Å²) >= 11 is 0. The van der Waals surface area contributed by atoms with Gasteiger partial charge in [0.2, 0.25) is 0 Å². The third-order valence-electron chi connectivity index (χ3n) is 7.47. The van der Waals surface area contributed by atoms with Crippen molar-refractivity contribution in [3.05, 3.63) is 128 Å². The van der Waals surface area contributed by atoms with Crippen LogP contribution >= 0.6 is 0 Å². The molecule has 0 fully saturated rings. The highest BCUT2D eigenvalue weighted by Gasteiger charge is 2.17. The van der Waals surface area contributed by atoms with Crippen LogP contribution in [-0.2, 0) is 0 Å². The highest BCUT2D eigenvalue weighted by atomic mass is 15.1. The van der Waals surface area contributed by atoms with Gasteiger partial charge < -0.3 is 0 Å². The molecule has 8 aromatic rings. The van der Waals surface area contributed by atoms with Crippen LogP contribution in [-0.4, -0.2) is 14.5 Å². The molecule has 0 unspecified atom stereocenters. The van der Waals surface area contributed by atoms with Gasteiger partial charge in [-0.1, -0.05) is 97.1 Å². The second-order valence-corrected chi connectivity index (χ2v) is 9.48. The summed E-state index contributed by atoms with van der Waals surface area (Å²) in [5.41, 5.74) is 4.19. The molecule has 8 rings (SSSR count). The summed E-state index contributed by atoms with van der Waals surface area (Å²) in [4.78, 5) is 9.68. The molecule has 0 N–H and O–H groups in total. The Bertz CT molecular complexity index is 2120. The Labute approximate surface area is 213 Å². The van der Waals surface area contributed by atoms with E-state index in [2.05, 4.69) is 102 Å². The molecule has 2 heterocycles. The molecule has 0 aliphatic rings. The van der Waals surface area contributed by atoms with Crippen LogP contribution in [0.15, 0.2) is 128 Å². The van der Waals surface area contributed by atoms with Crippen molar-refractivity contribution in [3.8, 4) is 17.1 Å². The predicted molar refractivity (Wildman–Crippen MR) is 154 cm³/mol. The van der Waals surface area contributed by atoms with Crippen molar-refractivity contribution in [1.29, 1.82) is 0 Å². The first-order valence-electron chi connectivity index (χ1n) is 12.5. The van der Waals surface area contributed by atoms with E-state index in [4.69, 9.17) is 9.97 Å². The molecule has 3 nitrogen and oxygen atoms in total. The summed E-state index contributed by atoms with van der Waals surface area (Å²) in [5.74, 6) is 0.815. The molecule has 3 heteroatoms. The molecule has 0 spiro atoms. The Hall–Kier alpha value is -5.02. The SMILES string of the molecule is c1ccc(-c2cnc(-n3c4ccccc4c4cc5c6ccccc6c6ccccc6c5cc43)cn2)cc1. The fourth-order valence-corrected chi connectivity index (χ4v) is 5.81. The Kier molecular flexibility index (Phi) is 4.23. The van der Waals surface area contributed by atoms with E-state index >= 15 is 0 Å². The zero-order valence-electron chi connectivity index (χ0n) is 20.0. The summed E-state index contributed by atoms with van der Waals surface area (Å²) < 4.78 is 2.25. The maximum absolute atomic E-state index is 4.89. The van der Waals surface area contributed by atoms with Crippen LogP contribution in [0.25, 0.3) is 71.2 Å². The minimum atomic E-state index is 0.815. The maximum atomic E-state index is 4.89. The van der Waals surface area contributed by atoms with Gasteiger partial charge in [-0.3, -0.25) is 9.55 Å². The quantitative estimate of drug-likeness (QED) is 0.236. The lowest BCUT2D eigenvalue weighted by Gasteiger charge is -2.12. The van der Waals surface area contributed by atoms with E-state index < -0.39 is 0 Å². The summed E-state index contributed by atoms with van der Waals surface area (Å²) in [6, 6.07) is 40.9. The minimum Gasteiger partial charge on any atom is -0.292 e. The van der Waals surface area contributed by atoms with Crippen molar-refractivity contribution in [2.75, 3.05) is 0 Å². The molecule has 0 amide bonds. The highest BCUT2D eigenvalue weighted by molar-refractivity contribution is 6.28. The van der Waals surface area contributed by atoms with Gasteiger partial charge in [0, 0.05) is 16.3 Å². The molecule has 37 heavy (non-hydrogen) atoms. The van der Waals surface area contributed by atoms with Crippen molar-refractivity contribution in [2.24, 2.45) is 0 Å². The molecule has 0 atom stereocenters. The summed E-state index contributed by atoms with van der Waals surface area (Å²) in [6.07, 6.45) is 3.76. The van der Waals surface area contributed by atoms with Gasteiger partial charge >= 0.3 is 0 Å². The fourth-order valence-electron chi connectivity index (χ4n) is 5.81. The zero-order valence-corrected chi connectivity index (χ0v) is 20.0. The van der Waals surface area contributed by atoms with E-state index in [1.807, 2.05) is 30.6 Å². The lowest BCUT2D eigenvalue weighted by molar-refractivity contribution is 1.05. The van der Waals surface area contributed by atoms with Crippen LogP contribution in [0.2, 0.25) is 0 Å². The Balaban J connectivity index is 1.48.